The Bertz CT molecular complexity index is 134. The lowest BCUT2D eigenvalue weighted by molar-refractivity contribution is 0.108. The molecule has 10 heavy (non-hydrogen) atoms. The maximum atomic E-state index is 9.37. The molecule has 4 heteroatoms. The summed E-state index contributed by atoms with van der Waals surface area (Å²) in [5, 5.41) is 9.37. The zero-order valence-corrected chi connectivity index (χ0v) is 8.34. The second-order valence-electron chi connectivity index (χ2n) is 2.44. The van der Waals surface area contributed by atoms with Crippen LogP contribution in [0.4, 0.5) is 0 Å². The molecule has 0 spiro atoms. The molecule has 0 heterocycles. The van der Waals surface area contributed by atoms with Crippen LogP contribution in [0.1, 0.15) is 13.8 Å². The fourth-order valence-corrected chi connectivity index (χ4v) is 0.722. The third-order valence-electron chi connectivity index (χ3n) is 1.04. The van der Waals surface area contributed by atoms with Crippen LogP contribution in [0.2, 0.25) is 0 Å². The minimum Gasteiger partial charge on any atom is -0.372 e. The Labute approximate surface area is 75.2 Å². The van der Waals surface area contributed by atoms with Crippen molar-refractivity contribution < 1.29 is 5.11 Å². The molecule has 60 valence electrons. The predicted molar refractivity (Wildman–Crippen MR) is 50.6 cm³/mol. The van der Waals surface area contributed by atoms with E-state index < -0.39 is 5.72 Å². The molecule has 0 aromatic rings. The lowest BCUT2D eigenvalue weighted by atomic mass is 10.2. The largest absolute Gasteiger partial charge is 0.372 e. The topological polar surface area (TPSA) is 58.3 Å². The highest BCUT2D eigenvalue weighted by molar-refractivity contribution is 14.1. The molecule has 0 aliphatic rings. The van der Waals surface area contributed by atoms with Crippen LogP contribution in [0.25, 0.3) is 0 Å². The van der Waals surface area contributed by atoms with Crippen molar-refractivity contribution in [1.29, 1.82) is 0 Å². The van der Waals surface area contributed by atoms with Crippen LogP contribution in [0.5, 0.6) is 0 Å². The van der Waals surface area contributed by atoms with Gasteiger partial charge >= 0.3 is 0 Å². The fourth-order valence-electron chi connectivity index (χ4n) is 0.566. The SMILES string of the molecule is C/C(=C\C(C)(O)NI)CN. The van der Waals surface area contributed by atoms with E-state index in [2.05, 4.69) is 3.53 Å². The monoisotopic (exact) mass is 256 g/mol. The molecule has 0 aliphatic heterocycles. The van der Waals surface area contributed by atoms with Gasteiger partial charge in [0.25, 0.3) is 0 Å². The summed E-state index contributed by atoms with van der Waals surface area (Å²) in [7, 11) is 0. The molecule has 0 aromatic heterocycles. The molecule has 0 fully saturated rings. The first-order valence-electron chi connectivity index (χ1n) is 3.00. The zero-order valence-electron chi connectivity index (χ0n) is 6.19. The third-order valence-corrected chi connectivity index (χ3v) is 2.13. The van der Waals surface area contributed by atoms with Gasteiger partial charge < -0.3 is 10.8 Å². The summed E-state index contributed by atoms with van der Waals surface area (Å²) in [6, 6.07) is 0. The summed E-state index contributed by atoms with van der Waals surface area (Å²) in [4.78, 5) is 0. The smallest absolute Gasteiger partial charge is 0.140 e. The average Bonchev–Trinajstić information content (AvgIpc) is 1.87. The van der Waals surface area contributed by atoms with E-state index in [1.807, 2.05) is 29.8 Å². The molecule has 3 nitrogen and oxygen atoms in total. The van der Waals surface area contributed by atoms with Crippen LogP contribution in [0, 0.1) is 0 Å². The summed E-state index contributed by atoms with van der Waals surface area (Å²) < 4.78 is 2.70. The van der Waals surface area contributed by atoms with Gasteiger partial charge in [-0.25, -0.2) is 3.53 Å². The van der Waals surface area contributed by atoms with Crippen molar-refractivity contribution in [3.05, 3.63) is 11.6 Å². The molecule has 0 saturated carbocycles. The predicted octanol–water partition coefficient (Wildman–Crippen LogP) is 0.540. The van der Waals surface area contributed by atoms with Crippen molar-refractivity contribution in [3.8, 4) is 0 Å². The molecule has 0 bridgehead atoms. The molecule has 0 amide bonds. The lowest BCUT2D eigenvalue weighted by Gasteiger charge is -2.17. The number of hydrogen-bond acceptors (Lipinski definition) is 3. The minimum absolute atomic E-state index is 0.481. The van der Waals surface area contributed by atoms with Crippen LogP contribution in [0.15, 0.2) is 11.6 Å². The summed E-state index contributed by atoms with van der Waals surface area (Å²) >= 11 is 1.89. The minimum atomic E-state index is -0.940. The molecular formula is C6H13IN2O. The normalized spacial score (nSPS) is 18.7. The second kappa shape index (κ2) is 4.27. The molecule has 1 atom stereocenters. The molecule has 0 aliphatic carbocycles. The Balaban J connectivity index is 4.09. The van der Waals surface area contributed by atoms with Crippen molar-refractivity contribution in [3.63, 3.8) is 0 Å². The molecule has 0 saturated heterocycles. The quantitative estimate of drug-likeness (QED) is 0.299. The molecule has 0 rings (SSSR count). The van der Waals surface area contributed by atoms with Crippen LogP contribution in [0.3, 0.4) is 0 Å². The van der Waals surface area contributed by atoms with Crippen molar-refractivity contribution >= 4 is 22.9 Å². The maximum absolute atomic E-state index is 9.37. The van der Waals surface area contributed by atoms with Gasteiger partial charge in [0, 0.05) is 29.4 Å². The highest BCUT2D eigenvalue weighted by Crippen LogP contribution is 2.05. The molecule has 1 unspecified atom stereocenters. The summed E-state index contributed by atoms with van der Waals surface area (Å²) in [5.41, 5.74) is 5.35. The molecular weight excluding hydrogens is 243 g/mol. The van der Waals surface area contributed by atoms with E-state index in [0.29, 0.717) is 6.54 Å². The highest BCUT2D eigenvalue weighted by Gasteiger charge is 2.13. The Morgan fingerprint density at radius 1 is 1.90 bits per heavy atom. The van der Waals surface area contributed by atoms with E-state index >= 15 is 0 Å². The molecule has 4 N–H and O–H groups in total. The second-order valence-corrected chi connectivity index (χ2v) is 2.98. The van der Waals surface area contributed by atoms with Gasteiger partial charge in [0.15, 0.2) is 0 Å². The van der Waals surface area contributed by atoms with Crippen molar-refractivity contribution in [2.24, 2.45) is 5.73 Å². The summed E-state index contributed by atoms with van der Waals surface area (Å²) in [6.07, 6.45) is 1.69. The molecule has 0 aromatic carbocycles. The van der Waals surface area contributed by atoms with E-state index in [-0.39, 0.29) is 0 Å². The van der Waals surface area contributed by atoms with Gasteiger partial charge in [0.2, 0.25) is 0 Å². The van der Waals surface area contributed by atoms with Gasteiger partial charge in [-0.3, -0.25) is 0 Å². The van der Waals surface area contributed by atoms with Crippen LogP contribution >= 0.6 is 22.9 Å². The number of nitrogens with one attached hydrogen (secondary N) is 1. The fraction of sp³-hybridized carbons (Fsp3) is 0.667. The van der Waals surface area contributed by atoms with E-state index in [4.69, 9.17) is 5.73 Å². The van der Waals surface area contributed by atoms with E-state index in [9.17, 15) is 5.11 Å². The number of aliphatic hydroxyl groups is 1. The highest BCUT2D eigenvalue weighted by atomic mass is 127. The molecule has 0 radical (unpaired) electrons. The van der Waals surface area contributed by atoms with Gasteiger partial charge in [0.1, 0.15) is 5.72 Å². The van der Waals surface area contributed by atoms with Gasteiger partial charge in [-0.1, -0.05) is 5.57 Å². The Morgan fingerprint density at radius 3 is 2.70 bits per heavy atom. The van der Waals surface area contributed by atoms with Crippen molar-refractivity contribution in [1.82, 2.24) is 3.53 Å². The number of rotatable bonds is 3. The Hall–Kier alpha value is 0.350. The first-order valence-corrected chi connectivity index (χ1v) is 4.08. The number of hydrogen-bond donors (Lipinski definition) is 3. The van der Waals surface area contributed by atoms with E-state index in [1.165, 1.54) is 0 Å². The first kappa shape index (κ1) is 10.3. The van der Waals surface area contributed by atoms with Gasteiger partial charge in [-0.15, -0.1) is 0 Å². The third kappa shape index (κ3) is 4.21. The summed E-state index contributed by atoms with van der Waals surface area (Å²) in [6.45, 7) is 4.02. The summed E-state index contributed by atoms with van der Waals surface area (Å²) in [5.74, 6) is 0. The average molecular weight is 256 g/mol. The first-order chi connectivity index (χ1) is 4.52. The van der Waals surface area contributed by atoms with E-state index in [0.717, 1.165) is 5.57 Å². The zero-order chi connectivity index (χ0) is 8.20. The maximum Gasteiger partial charge on any atom is 0.140 e. The van der Waals surface area contributed by atoms with Crippen LogP contribution < -0.4 is 9.26 Å². The van der Waals surface area contributed by atoms with Crippen molar-refractivity contribution in [2.75, 3.05) is 6.54 Å². The van der Waals surface area contributed by atoms with Gasteiger partial charge in [-0.2, -0.15) is 0 Å². The number of nitrogens with two attached hydrogens (primary N) is 1. The van der Waals surface area contributed by atoms with Gasteiger partial charge in [0.05, 0.1) is 0 Å². The number of halogens is 1. The lowest BCUT2D eigenvalue weighted by Crippen LogP contribution is -2.33. The Kier molecular flexibility index (Phi) is 4.42. The van der Waals surface area contributed by atoms with Crippen molar-refractivity contribution in [2.45, 2.75) is 19.6 Å². The van der Waals surface area contributed by atoms with Crippen LogP contribution in [-0.4, -0.2) is 17.4 Å². The van der Waals surface area contributed by atoms with E-state index in [1.54, 1.807) is 13.0 Å². The van der Waals surface area contributed by atoms with Crippen LogP contribution in [-0.2, 0) is 0 Å². The van der Waals surface area contributed by atoms with Gasteiger partial charge in [-0.05, 0) is 19.9 Å². The Morgan fingerprint density at radius 2 is 2.40 bits per heavy atom. The standard InChI is InChI=1S/C6H13IN2O/c1-5(4-8)3-6(2,10)9-7/h3,9-10H,4,8H2,1-2H3/b5-3+.